The number of hydrogen-bond acceptors (Lipinski definition) is 4. The van der Waals surface area contributed by atoms with Gasteiger partial charge in [0.05, 0.1) is 4.92 Å². The first-order valence-electron chi connectivity index (χ1n) is 6.17. The number of nitro benzene ring substituents is 1. The molecule has 0 aliphatic carbocycles. The van der Waals surface area contributed by atoms with Crippen molar-refractivity contribution in [1.29, 1.82) is 0 Å². The lowest BCUT2D eigenvalue weighted by Gasteiger charge is -1.99. The van der Waals surface area contributed by atoms with Crippen molar-refractivity contribution in [2.24, 2.45) is 0 Å². The fourth-order valence-corrected chi connectivity index (χ4v) is 2.17. The maximum absolute atomic E-state index is 12.4. The second-order valence-corrected chi connectivity index (χ2v) is 4.53. The summed E-state index contributed by atoms with van der Waals surface area (Å²) in [6, 6.07) is 12.3. The number of para-hydroxylation sites is 1. The Morgan fingerprint density at radius 3 is 2.38 bits per heavy atom. The van der Waals surface area contributed by atoms with Gasteiger partial charge in [0.15, 0.2) is 5.75 Å². The fraction of sp³-hybridized carbons (Fsp3) is 0. The van der Waals surface area contributed by atoms with Gasteiger partial charge < -0.3 is 10.1 Å². The number of aromatic hydroxyl groups is 1. The molecule has 6 nitrogen and oxygen atoms in total. The molecule has 2 N–H and O–H groups in total. The van der Waals surface area contributed by atoms with E-state index in [1.165, 1.54) is 24.3 Å². The minimum absolute atomic E-state index is 0.0741. The van der Waals surface area contributed by atoms with E-state index >= 15 is 0 Å². The van der Waals surface area contributed by atoms with Gasteiger partial charge in [-0.2, -0.15) is 0 Å². The summed E-state index contributed by atoms with van der Waals surface area (Å²) in [5.74, 6) is -0.535. The summed E-state index contributed by atoms with van der Waals surface area (Å²) in [4.78, 5) is 25.3. The number of carbonyl (C=O) groups excluding carboxylic acids is 1. The number of aromatic nitrogens is 1. The highest BCUT2D eigenvalue weighted by molar-refractivity contribution is 6.13. The smallest absolute Gasteiger partial charge is 0.269 e. The molecule has 0 fully saturated rings. The van der Waals surface area contributed by atoms with Gasteiger partial charge in [0, 0.05) is 28.6 Å². The van der Waals surface area contributed by atoms with Crippen LogP contribution < -0.4 is 0 Å². The van der Waals surface area contributed by atoms with Crippen molar-refractivity contribution in [2.75, 3.05) is 0 Å². The highest BCUT2D eigenvalue weighted by atomic mass is 16.6. The molecule has 0 amide bonds. The molecule has 1 aromatic heterocycles. The van der Waals surface area contributed by atoms with Crippen LogP contribution in [-0.4, -0.2) is 20.8 Å². The Balaban J connectivity index is 2.04. The first-order chi connectivity index (χ1) is 10.1. The maximum Gasteiger partial charge on any atom is 0.269 e. The van der Waals surface area contributed by atoms with Crippen LogP contribution in [0.5, 0.6) is 5.75 Å². The first-order valence-corrected chi connectivity index (χ1v) is 6.17. The molecule has 0 saturated heterocycles. The average molecular weight is 282 g/mol. The minimum atomic E-state index is -0.533. The topological polar surface area (TPSA) is 96.2 Å². The molecule has 21 heavy (non-hydrogen) atoms. The third-order valence-corrected chi connectivity index (χ3v) is 3.25. The quantitative estimate of drug-likeness (QED) is 0.438. The van der Waals surface area contributed by atoms with Gasteiger partial charge in [-0.25, -0.2) is 0 Å². The number of rotatable bonds is 3. The molecular weight excluding hydrogens is 272 g/mol. The van der Waals surface area contributed by atoms with Crippen LogP contribution in [0.15, 0.2) is 48.5 Å². The van der Waals surface area contributed by atoms with Gasteiger partial charge in [0.1, 0.15) is 5.69 Å². The highest BCUT2D eigenvalue weighted by Crippen LogP contribution is 2.30. The third-order valence-electron chi connectivity index (χ3n) is 3.25. The highest BCUT2D eigenvalue weighted by Gasteiger charge is 2.19. The molecule has 0 radical (unpaired) electrons. The lowest BCUT2D eigenvalue weighted by atomic mass is 10.1. The monoisotopic (exact) mass is 282 g/mol. The van der Waals surface area contributed by atoms with E-state index in [4.69, 9.17) is 0 Å². The van der Waals surface area contributed by atoms with Crippen molar-refractivity contribution in [1.82, 2.24) is 4.98 Å². The van der Waals surface area contributed by atoms with Crippen molar-refractivity contribution < 1.29 is 14.8 Å². The zero-order valence-corrected chi connectivity index (χ0v) is 10.7. The molecule has 6 heteroatoms. The zero-order valence-electron chi connectivity index (χ0n) is 10.7. The van der Waals surface area contributed by atoms with Gasteiger partial charge in [0.2, 0.25) is 5.78 Å². The number of nitrogens with one attached hydrogen (secondary N) is 1. The summed E-state index contributed by atoms with van der Waals surface area (Å²) in [6.45, 7) is 0. The number of carbonyl (C=O) groups is 1. The molecule has 3 rings (SSSR count). The SMILES string of the molecule is O=C(c1ccc([N+](=O)[O-])cc1)c1[nH]c2ccccc2c1O. The number of nitrogens with zero attached hydrogens (tertiary/aromatic N) is 1. The van der Waals surface area contributed by atoms with E-state index in [1.54, 1.807) is 24.3 Å². The lowest BCUT2D eigenvalue weighted by Crippen LogP contribution is -2.02. The van der Waals surface area contributed by atoms with Crippen molar-refractivity contribution in [3.05, 3.63) is 69.9 Å². The predicted molar refractivity (Wildman–Crippen MR) is 76.5 cm³/mol. The van der Waals surface area contributed by atoms with E-state index in [0.717, 1.165) is 0 Å². The van der Waals surface area contributed by atoms with Gasteiger partial charge in [-0.15, -0.1) is 0 Å². The molecule has 0 aliphatic rings. The Bertz CT molecular complexity index is 850. The Morgan fingerprint density at radius 2 is 1.76 bits per heavy atom. The first kappa shape index (κ1) is 12.9. The van der Waals surface area contributed by atoms with E-state index in [0.29, 0.717) is 10.9 Å². The zero-order chi connectivity index (χ0) is 15.0. The minimum Gasteiger partial charge on any atom is -0.505 e. The second-order valence-electron chi connectivity index (χ2n) is 4.53. The Labute approximate surface area is 118 Å². The van der Waals surface area contributed by atoms with Gasteiger partial charge in [-0.3, -0.25) is 14.9 Å². The van der Waals surface area contributed by atoms with E-state index in [2.05, 4.69) is 4.98 Å². The van der Waals surface area contributed by atoms with Crippen LogP contribution in [-0.2, 0) is 0 Å². The molecule has 0 unspecified atom stereocenters. The van der Waals surface area contributed by atoms with Crippen LogP contribution in [0.4, 0.5) is 5.69 Å². The molecule has 1 heterocycles. The lowest BCUT2D eigenvalue weighted by molar-refractivity contribution is -0.384. The number of benzene rings is 2. The van der Waals surface area contributed by atoms with Crippen LogP contribution >= 0.6 is 0 Å². The van der Waals surface area contributed by atoms with E-state index < -0.39 is 10.7 Å². The van der Waals surface area contributed by atoms with Crippen molar-refractivity contribution >= 4 is 22.4 Å². The summed E-state index contributed by atoms with van der Waals surface area (Å²) >= 11 is 0. The number of H-pyrrole nitrogens is 1. The molecule has 0 atom stereocenters. The maximum atomic E-state index is 12.4. The van der Waals surface area contributed by atoms with Crippen LogP contribution in [0.25, 0.3) is 10.9 Å². The number of ketones is 1. The molecule has 2 aromatic carbocycles. The van der Waals surface area contributed by atoms with Crippen molar-refractivity contribution in [2.45, 2.75) is 0 Å². The average Bonchev–Trinajstić information content (AvgIpc) is 2.84. The molecule has 104 valence electrons. The van der Waals surface area contributed by atoms with E-state index in [-0.39, 0.29) is 22.7 Å². The molecule has 0 bridgehead atoms. The molecule has 0 saturated carbocycles. The van der Waals surface area contributed by atoms with Crippen LogP contribution in [0.1, 0.15) is 16.1 Å². The van der Waals surface area contributed by atoms with Crippen LogP contribution in [0, 0.1) is 10.1 Å². The normalized spacial score (nSPS) is 10.7. The Kier molecular flexibility index (Phi) is 2.91. The largest absolute Gasteiger partial charge is 0.505 e. The van der Waals surface area contributed by atoms with Gasteiger partial charge in [-0.1, -0.05) is 12.1 Å². The van der Waals surface area contributed by atoms with E-state index in [1.807, 2.05) is 0 Å². The summed E-state index contributed by atoms with van der Waals surface area (Å²) in [6.07, 6.45) is 0. The van der Waals surface area contributed by atoms with E-state index in [9.17, 15) is 20.0 Å². The summed E-state index contributed by atoms with van der Waals surface area (Å²) in [5.41, 5.74) is 0.903. The Hall–Kier alpha value is -3.15. The fourth-order valence-electron chi connectivity index (χ4n) is 2.17. The Morgan fingerprint density at radius 1 is 1.10 bits per heavy atom. The predicted octanol–water partition coefficient (Wildman–Crippen LogP) is 3.01. The number of non-ortho nitro benzene ring substituents is 1. The number of fused-ring (bicyclic) bond motifs is 1. The standard InChI is InChI=1S/C15H10N2O4/c18-14(9-5-7-10(8-6-9)17(20)21)13-15(19)11-3-1-2-4-12(11)16-13/h1-8,16,19H. The van der Waals surface area contributed by atoms with Crippen molar-refractivity contribution in [3.8, 4) is 5.75 Å². The van der Waals surface area contributed by atoms with Gasteiger partial charge in [-0.05, 0) is 24.3 Å². The number of nitro groups is 1. The molecule has 0 aliphatic heterocycles. The summed E-state index contributed by atoms with van der Waals surface area (Å²) in [5, 5.41) is 21.3. The van der Waals surface area contributed by atoms with Crippen LogP contribution in [0.2, 0.25) is 0 Å². The van der Waals surface area contributed by atoms with Crippen molar-refractivity contribution in [3.63, 3.8) is 0 Å². The van der Waals surface area contributed by atoms with Gasteiger partial charge >= 0.3 is 0 Å². The van der Waals surface area contributed by atoms with Crippen LogP contribution in [0.3, 0.4) is 0 Å². The number of aromatic amines is 1. The molecule has 3 aromatic rings. The summed E-state index contributed by atoms with van der Waals surface area (Å²) < 4.78 is 0. The molecule has 0 spiro atoms. The third kappa shape index (κ3) is 2.12. The summed E-state index contributed by atoms with van der Waals surface area (Å²) in [7, 11) is 0. The number of hydrogen-bond donors (Lipinski definition) is 2. The molecular formula is C15H10N2O4. The second kappa shape index (κ2) is 4.75. The van der Waals surface area contributed by atoms with Gasteiger partial charge in [0.25, 0.3) is 5.69 Å².